The largest absolute Gasteiger partial charge is 0.207 e. The number of halogens is 1. The Labute approximate surface area is 86.2 Å². The molecule has 0 aliphatic carbocycles. The molecule has 0 aliphatic rings. The molecule has 0 bridgehead atoms. The Morgan fingerprint density at radius 3 is 2.07 bits per heavy atom. The minimum absolute atomic E-state index is 0.156. The maximum atomic E-state index is 12.7. The van der Waals surface area contributed by atoms with Crippen LogP contribution >= 0.6 is 0 Å². The molecule has 0 amide bonds. The highest BCUT2D eigenvalue weighted by atomic mass is 19.1. The van der Waals surface area contributed by atoms with Gasteiger partial charge in [0.25, 0.3) is 0 Å². The average Bonchev–Trinajstić information content (AvgIpc) is 2.02. The minimum Gasteiger partial charge on any atom is -0.207 e. The molecule has 0 aromatic heterocycles. The van der Waals surface area contributed by atoms with Crippen LogP contribution in [0.4, 0.5) is 4.39 Å². The van der Waals surface area contributed by atoms with E-state index in [0.717, 1.165) is 6.42 Å². The molecular weight excluding hydrogens is 175 g/mol. The van der Waals surface area contributed by atoms with Gasteiger partial charge in [-0.1, -0.05) is 39.8 Å². The maximum absolute atomic E-state index is 12.7. The van der Waals surface area contributed by atoms with Crippen molar-refractivity contribution in [2.24, 2.45) is 5.41 Å². The van der Waals surface area contributed by atoms with Crippen LogP contribution in [0.5, 0.6) is 0 Å². The van der Waals surface area contributed by atoms with Crippen molar-refractivity contribution in [2.45, 2.75) is 40.0 Å². The van der Waals surface area contributed by atoms with Crippen LogP contribution in [0.3, 0.4) is 0 Å². The smallest absolute Gasteiger partial charge is 0.123 e. The summed E-state index contributed by atoms with van der Waals surface area (Å²) in [4.78, 5) is 0. The van der Waals surface area contributed by atoms with Gasteiger partial charge >= 0.3 is 0 Å². The van der Waals surface area contributed by atoms with Gasteiger partial charge in [-0.3, -0.25) is 0 Å². The molecule has 0 saturated heterocycles. The van der Waals surface area contributed by atoms with E-state index in [4.69, 9.17) is 0 Å². The van der Waals surface area contributed by atoms with E-state index in [1.54, 1.807) is 0 Å². The van der Waals surface area contributed by atoms with Gasteiger partial charge in [0.05, 0.1) is 0 Å². The molecule has 1 aromatic rings. The first-order chi connectivity index (χ1) is 6.38. The summed E-state index contributed by atoms with van der Waals surface area (Å²) in [5.41, 5.74) is 1.55. The molecule has 0 nitrogen and oxygen atoms in total. The van der Waals surface area contributed by atoms with Crippen LogP contribution in [0, 0.1) is 11.2 Å². The van der Waals surface area contributed by atoms with Crippen LogP contribution in [-0.4, -0.2) is 0 Å². The zero-order chi connectivity index (χ0) is 10.8. The van der Waals surface area contributed by atoms with Gasteiger partial charge in [0.15, 0.2) is 0 Å². The fourth-order valence-electron chi connectivity index (χ4n) is 1.83. The number of benzene rings is 1. The van der Waals surface area contributed by atoms with Crippen molar-refractivity contribution in [2.75, 3.05) is 0 Å². The van der Waals surface area contributed by atoms with E-state index in [-0.39, 0.29) is 5.82 Å². The van der Waals surface area contributed by atoms with Crippen LogP contribution < -0.4 is 0 Å². The highest BCUT2D eigenvalue weighted by Gasteiger charge is 2.16. The van der Waals surface area contributed by atoms with E-state index in [2.05, 4.69) is 27.7 Å². The molecule has 1 rings (SSSR count). The SMILES string of the molecule is C[C@H](CC(C)(C)C)c1ccc(F)cc1. The van der Waals surface area contributed by atoms with E-state index >= 15 is 0 Å². The molecule has 0 N–H and O–H groups in total. The van der Waals surface area contributed by atoms with E-state index < -0.39 is 0 Å². The number of hydrogen-bond acceptors (Lipinski definition) is 0. The summed E-state index contributed by atoms with van der Waals surface area (Å²) in [6.07, 6.45) is 1.12. The van der Waals surface area contributed by atoms with Crippen molar-refractivity contribution in [1.82, 2.24) is 0 Å². The molecule has 1 aromatic carbocycles. The first-order valence-corrected chi connectivity index (χ1v) is 5.14. The normalized spacial score (nSPS) is 14.1. The van der Waals surface area contributed by atoms with Crippen LogP contribution in [0.2, 0.25) is 0 Å². The molecule has 0 fully saturated rings. The second kappa shape index (κ2) is 4.12. The van der Waals surface area contributed by atoms with Gasteiger partial charge in [0.1, 0.15) is 5.82 Å². The lowest BCUT2D eigenvalue weighted by Crippen LogP contribution is -2.09. The lowest BCUT2D eigenvalue weighted by atomic mass is 9.82. The third-order valence-corrected chi connectivity index (χ3v) is 2.36. The minimum atomic E-state index is -0.156. The number of hydrogen-bond donors (Lipinski definition) is 0. The molecule has 0 spiro atoms. The summed E-state index contributed by atoms with van der Waals surface area (Å²) >= 11 is 0. The van der Waals surface area contributed by atoms with Crippen molar-refractivity contribution in [3.63, 3.8) is 0 Å². The quantitative estimate of drug-likeness (QED) is 0.656. The van der Waals surface area contributed by atoms with E-state index in [0.29, 0.717) is 11.3 Å². The summed E-state index contributed by atoms with van der Waals surface area (Å²) in [6.45, 7) is 8.88. The van der Waals surface area contributed by atoms with Crippen LogP contribution in [0.15, 0.2) is 24.3 Å². The van der Waals surface area contributed by atoms with Crippen molar-refractivity contribution in [3.05, 3.63) is 35.6 Å². The first-order valence-electron chi connectivity index (χ1n) is 5.14. The molecule has 14 heavy (non-hydrogen) atoms. The summed E-state index contributed by atoms with van der Waals surface area (Å²) in [5, 5.41) is 0. The molecule has 0 unspecified atom stereocenters. The first kappa shape index (κ1) is 11.2. The Morgan fingerprint density at radius 2 is 1.64 bits per heavy atom. The van der Waals surface area contributed by atoms with E-state index in [1.807, 2.05) is 12.1 Å². The van der Waals surface area contributed by atoms with Crippen LogP contribution in [0.25, 0.3) is 0 Å². The van der Waals surface area contributed by atoms with Gasteiger partial charge in [-0.25, -0.2) is 4.39 Å². The van der Waals surface area contributed by atoms with Gasteiger partial charge in [-0.15, -0.1) is 0 Å². The van der Waals surface area contributed by atoms with Gasteiger partial charge in [-0.2, -0.15) is 0 Å². The van der Waals surface area contributed by atoms with Gasteiger partial charge < -0.3 is 0 Å². The summed E-state index contributed by atoms with van der Waals surface area (Å²) in [6, 6.07) is 6.83. The van der Waals surface area contributed by atoms with Gasteiger partial charge in [0, 0.05) is 0 Å². The molecule has 78 valence electrons. The highest BCUT2D eigenvalue weighted by Crippen LogP contribution is 2.30. The summed E-state index contributed by atoms with van der Waals surface area (Å²) in [5.74, 6) is 0.340. The summed E-state index contributed by atoms with van der Waals surface area (Å²) < 4.78 is 12.7. The van der Waals surface area contributed by atoms with Crippen molar-refractivity contribution in [3.8, 4) is 0 Å². The van der Waals surface area contributed by atoms with Crippen molar-refractivity contribution >= 4 is 0 Å². The topological polar surface area (TPSA) is 0 Å². The third kappa shape index (κ3) is 3.49. The lowest BCUT2D eigenvalue weighted by molar-refractivity contribution is 0.349. The Morgan fingerprint density at radius 1 is 1.14 bits per heavy atom. The molecule has 1 atom stereocenters. The highest BCUT2D eigenvalue weighted by molar-refractivity contribution is 5.19. The zero-order valence-corrected chi connectivity index (χ0v) is 9.47. The average molecular weight is 194 g/mol. The molecule has 0 aliphatic heterocycles. The molecule has 0 saturated carbocycles. The van der Waals surface area contributed by atoms with E-state index in [9.17, 15) is 4.39 Å². The Kier molecular flexibility index (Phi) is 3.30. The monoisotopic (exact) mass is 194 g/mol. The van der Waals surface area contributed by atoms with E-state index in [1.165, 1.54) is 17.7 Å². The Balaban J connectivity index is 2.70. The zero-order valence-electron chi connectivity index (χ0n) is 9.47. The standard InChI is InChI=1S/C13H19F/c1-10(9-13(2,3)4)11-5-7-12(14)8-6-11/h5-8,10H,9H2,1-4H3/t10-/m1/s1. The van der Waals surface area contributed by atoms with Gasteiger partial charge in [-0.05, 0) is 35.4 Å². The molecule has 0 radical (unpaired) electrons. The van der Waals surface area contributed by atoms with Crippen molar-refractivity contribution in [1.29, 1.82) is 0 Å². The fourth-order valence-corrected chi connectivity index (χ4v) is 1.83. The Bertz CT molecular complexity index is 279. The summed E-state index contributed by atoms with van der Waals surface area (Å²) in [7, 11) is 0. The second-order valence-electron chi connectivity index (χ2n) is 5.22. The Hall–Kier alpha value is -0.850. The molecular formula is C13H19F. The van der Waals surface area contributed by atoms with Crippen LogP contribution in [0.1, 0.15) is 45.6 Å². The lowest BCUT2D eigenvalue weighted by Gasteiger charge is -2.23. The van der Waals surface area contributed by atoms with Crippen molar-refractivity contribution < 1.29 is 4.39 Å². The fraction of sp³-hybridized carbons (Fsp3) is 0.538. The predicted octanol–water partition coefficient (Wildman–Crippen LogP) is 4.37. The van der Waals surface area contributed by atoms with Gasteiger partial charge in [0.2, 0.25) is 0 Å². The molecule has 0 heterocycles. The van der Waals surface area contributed by atoms with Crippen LogP contribution in [-0.2, 0) is 0 Å². The molecule has 1 heteroatoms. The third-order valence-electron chi connectivity index (χ3n) is 2.36. The maximum Gasteiger partial charge on any atom is 0.123 e. The second-order valence-corrected chi connectivity index (χ2v) is 5.22. The number of rotatable bonds is 2. The predicted molar refractivity (Wildman–Crippen MR) is 58.9 cm³/mol.